The molecule has 3 unspecified atom stereocenters. The second-order valence-electron chi connectivity index (χ2n) is 5.35. The Morgan fingerprint density at radius 2 is 2.00 bits per heavy atom. The molecule has 1 amide bonds. The van der Waals surface area contributed by atoms with Crippen LogP contribution in [0.4, 0.5) is 0 Å². The number of rotatable bonds is 6. The fraction of sp³-hybridized carbons (Fsp3) is 0.846. The Balaban J connectivity index is 1.74. The van der Waals surface area contributed by atoms with Crippen LogP contribution in [-0.4, -0.2) is 23.5 Å². The lowest BCUT2D eigenvalue weighted by Gasteiger charge is -2.12. The number of carboxylic acid groups (broad SMARTS) is 1. The van der Waals surface area contributed by atoms with Gasteiger partial charge in [-0.1, -0.05) is 19.8 Å². The maximum absolute atomic E-state index is 11.8. The molecular formula is C13H21NO3. The van der Waals surface area contributed by atoms with E-state index in [-0.39, 0.29) is 18.4 Å². The molecule has 3 atom stereocenters. The van der Waals surface area contributed by atoms with E-state index in [1.54, 1.807) is 0 Å². The summed E-state index contributed by atoms with van der Waals surface area (Å²) >= 11 is 0. The minimum atomic E-state index is -0.803. The number of hydrogen-bond donors (Lipinski definition) is 2. The van der Waals surface area contributed by atoms with E-state index in [9.17, 15) is 9.59 Å². The minimum Gasteiger partial charge on any atom is -0.481 e. The van der Waals surface area contributed by atoms with E-state index in [0.717, 1.165) is 6.42 Å². The lowest BCUT2D eigenvalue weighted by Crippen LogP contribution is -2.34. The van der Waals surface area contributed by atoms with Crippen molar-refractivity contribution < 1.29 is 14.7 Å². The molecule has 2 rings (SSSR count). The van der Waals surface area contributed by atoms with E-state index in [1.807, 2.05) is 6.92 Å². The van der Waals surface area contributed by atoms with Gasteiger partial charge in [0.15, 0.2) is 0 Å². The van der Waals surface area contributed by atoms with Gasteiger partial charge in [0.25, 0.3) is 0 Å². The standard InChI is InChI=1S/C13H21NO3/c1-2-4-8(13(16)17)7-14-12(15)11-9-5-3-6-10(9)11/h8-11H,2-7H2,1H3,(H,14,15)(H,16,17). The highest BCUT2D eigenvalue weighted by molar-refractivity contribution is 5.83. The van der Waals surface area contributed by atoms with Crippen LogP contribution >= 0.6 is 0 Å². The zero-order chi connectivity index (χ0) is 12.4. The highest BCUT2D eigenvalue weighted by atomic mass is 16.4. The summed E-state index contributed by atoms with van der Waals surface area (Å²) in [6.45, 7) is 2.25. The van der Waals surface area contributed by atoms with E-state index in [4.69, 9.17) is 5.11 Å². The van der Waals surface area contributed by atoms with E-state index in [1.165, 1.54) is 19.3 Å². The fourth-order valence-electron chi connectivity index (χ4n) is 3.21. The van der Waals surface area contributed by atoms with Crippen LogP contribution < -0.4 is 5.32 Å². The molecule has 0 aromatic carbocycles. The molecule has 0 aromatic heterocycles. The summed E-state index contributed by atoms with van der Waals surface area (Å²) in [4.78, 5) is 22.8. The first-order valence-electron chi connectivity index (χ1n) is 6.65. The Morgan fingerprint density at radius 1 is 1.35 bits per heavy atom. The van der Waals surface area contributed by atoms with E-state index in [2.05, 4.69) is 5.32 Å². The predicted octanol–water partition coefficient (Wildman–Crippen LogP) is 1.65. The van der Waals surface area contributed by atoms with Gasteiger partial charge in [0.2, 0.25) is 5.91 Å². The highest BCUT2D eigenvalue weighted by Gasteiger charge is 2.56. The largest absolute Gasteiger partial charge is 0.481 e. The molecule has 0 heterocycles. The number of fused-ring (bicyclic) bond motifs is 1. The molecule has 0 aliphatic heterocycles. The average molecular weight is 239 g/mol. The first-order chi connectivity index (χ1) is 8.15. The summed E-state index contributed by atoms with van der Waals surface area (Å²) in [5.41, 5.74) is 0. The Kier molecular flexibility index (Phi) is 3.69. The van der Waals surface area contributed by atoms with Crippen molar-refractivity contribution in [2.45, 2.75) is 39.0 Å². The SMILES string of the molecule is CCCC(CNC(=O)C1C2CCCC21)C(=O)O. The van der Waals surface area contributed by atoms with Gasteiger partial charge in [0.1, 0.15) is 0 Å². The van der Waals surface area contributed by atoms with Crippen LogP contribution in [0.2, 0.25) is 0 Å². The van der Waals surface area contributed by atoms with Crippen LogP contribution in [0.3, 0.4) is 0 Å². The Bertz CT molecular complexity index is 306. The molecule has 2 N–H and O–H groups in total. The molecule has 2 aliphatic rings. The van der Waals surface area contributed by atoms with Crippen molar-refractivity contribution >= 4 is 11.9 Å². The Morgan fingerprint density at radius 3 is 2.53 bits per heavy atom. The van der Waals surface area contributed by atoms with Crippen molar-refractivity contribution in [1.82, 2.24) is 5.32 Å². The van der Waals surface area contributed by atoms with Gasteiger partial charge in [-0.2, -0.15) is 0 Å². The summed E-state index contributed by atoms with van der Waals surface area (Å²) < 4.78 is 0. The monoisotopic (exact) mass is 239 g/mol. The highest BCUT2D eigenvalue weighted by Crippen LogP contribution is 2.57. The molecule has 4 nitrogen and oxygen atoms in total. The molecule has 96 valence electrons. The lowest BCUT2D eigenvalue weighted by molar-refractivity contribution is -0.142. The third kappa shape index (κ3) is 2.61. The third-order valence-electron chi connectivity index (χ3n) is 4.22. The van der Waals surface area contributed by atoms with Gasteiger partial charge >= 0.3 is 5.97 Å². The van der Waals surface area contributed by atoms with Gasteiger partial charge in [-0.15, -0.1) is 0 Å². The molecule has 17 heavy (non-hydrogen) atoms. The second-order valence-corrected chi connectivity index (χ2v) is 5.35. The van der Waals surface area contributed by atoms with Gasteiger partial charge < -0.3 is 10.4 Å². The van der Waals surface area contributed by atoms with Crippen molar-refractivity contribution in [1.29, 1.82) is 0 Å². The number of aliphatic carboxylic acids is 1. The Labute approximate surface area is 102 Å². The first kappa shape index (κ1) is 12.4. The van der Waals surface area contributed by atoms with Crippen molar-refractivity contribution in [3.05, 3.63) is 0 Å². The molecule has 4 heteroatoms. The lowest BCUT2D eigenvalue weighted by atomic mass is 10.0. The average Bonchev–Trinajstić information content (AvgIpc) is 2.77. The van der Waals surface area contributed by atoms with E-state index >= 15 is 0 Å². The number of carboxylic acids is 1. The molecule has 2 aliphatic carbocycles. The van der Waals surface area contributed by atoms with E-state index in [0.29, 0.717) is 18.3 Å². The maximum Gasteiger partial charge on any atom is 0.308 e. The summed E-state index contributed by atoms with van der Waals surface area (Å²) in [6, 6.07) is 0. The van der Waals surface area contributed by atoms with Gasteiger partial charge in [0.05, 0.1) is 5.92 Å². The molecule has 2 fully saturated rings. The number of nitrogens with one attached hydrogen (secondary N) is 1. The van der Waals surface area contributed by atoms with Crippen LogP contribution in [0, 0.1) is 23.7 Å². The van der Waals surface area contributed by atoms with Crippen molar-refractivity contribution in [2.24, 2.45) is 23.7 Å². The van der Waals surface area contributed by atoms with Gasteiger partial charge in [-0.25, -0.2) is 0 Å². The minimum absolute atomic E-state index is 0.0852. The van der Waals surface area contributed by atoms with Crippen LogP contribution in [-0.2, 0) is 9.59 Å². The molecule has 0 aromatic rings. The van der Waals surface area contributed by atoms with E-state index < -0.39 is 11.9 Å². The zero-order valence-corrected chi connectivity index (χ0v) is 10.3. The van der Waals surface area contributed by atoms with Crippen molar-refractivity contribution in [3.63, 3.8) is 0 Å². The molecule has 0 spiro atoms. The van der Waals surface area contributed by atoms with Gasteiger partial charge in [0, 0.05) is 12.5 Å². The van der Waals surface area contributed by atoms with Gasteiger partial charge in [-0.05, 0) is 31.1 Å². The molecule has 0 bridgehead atoms. The topological polar surface area (TPSA) is 66.4 Å². The summed E-state index contributed by atoms with van der Waals surface area (Å²) in [5, 5.41) is 11.8. The normalized spacial score (nSPS) is 31.7. The van der Waals surface area contributed by atoms with Crippen LogP contribution in [0.15, 0.2) is 0 Å². The quantitative estimate of drug-likeness (QED) is 0.740. The fourth-order valence-corrected chi connectivity index (χ4v) is 3.21. The molecular weight excluding hydrogens is 218 g/mol. The van der Waals surface area contributed by atoms with Crippen LogP contribution in [0.1, 0.15) is 39.0 Å². The van der Waals surface area contributed by atoms with Crippen LogP contribution in [0.5, 0.6) is 0 Å². The second kappa shape index (κ2) is 5.07. The summed E-state index contributed by atoms with van der Waals surface area (Å²) in [6.07, 6.45) is 5.08. The maximum atomic E-state index is 11.8. The van der Waals surface area contributed by atoms with Crippen LogP contribution in [0.25, 0.3) is 0 Å². The zero-order valence-electron chi connectivity index (χ0n) is 10.3. The summed E-state index contributed by atoms with van der Waals surface area (Å²) in [5.74, 6) is 0.251. The number of hydrogen-bond acceptors (Lipinski definition) is 2. The molecule has 0 radical (unpaired) electrons. The Hall–Kier alpha value is -1.06. The van der Waals surface area contributed by atoms with Gasteiger partial charge in [-0.3, -0.25) is 9.59 Å². The van der Waals surface area contributed by atoms with Crippen molar-refractivity contribution in [2.75, 3.05) is 6.54 Å². The number of carbonyl (C=O) groups is 2. The first-order valence-corrected chi connectivity index (χ1v) is 6.65. The predicted molar refractivity (Wildman–Crippen MR) is 63.4 cm³/mol. The summed E-state index contributed by atoms with van der Waals surface area (Å²) in [7, 11) is 0. The molecule has 2 saturated carbocycles. The molecule has 0 saturated heterocycles. The number of amides is 1. The number of carbonyl (C=O) groups excluding carboxylic acids is 1. The third-order valence-corrected chi connectivity index (χ3v) is 4.22. The smallest absolute Gasteiger partial charge is 0.308 e. The van der Waals surface area contributed by atoms with Crippen molar-refractivity contribution in [3.8, 4) is 0 Å².